The van der Waals surface area contributed by atoms with Crippen LogP contribution in [0.25, 0.3) is 27.0 Å². The van der Waals surface area contributed by atoms with E-state index in [1.165, 1.54) is 0 Å². The Balaban J connectivity index is 1.43. The minimum Gasteiger partial charge on any atom is -0.395 e. The Labute approximate surface area is 217 Å². The molecule has 0 atom stereocenters. The number of benzene rings is 3. The van der Waals surface area contributed by atoms with E-state index < -0.39 is 6.03 Å². The number of nitrogens with zero attached hydrogens (tertiary/aromatic N) is 2. The summed E-state index contributed by atoms with van der Waals surface area (Å²) in [6.45, 7) is 0.0994. The van der Waals surface area contributed by atoms with Gasteiger partial charge in [0.15, 0.2) is 0 Å². The van der Waals surface area contributed by atoms with Crippen LogP contribution in [0.15, 0.2) is 90.3 Å². The third kappa shape index (κ3) is 5.69. The van der Waals surface area contributed by atoms with E-state index in [0.29, 0.717) is 17.2 Å². The second-order valence-electron chi connectivity index (χ2n) is 8.33. The molecule has 37 heavy (non-hydrogen) atoms. The zero-order valence-electron chi connectivity index (χ0n) is 19.8. The van der Waals surface area contributed by atoms with Gasteiger partial charge in [0.1, 0.15) is 11.5 Å². The summed E-state index contributed by atoms with van der Waals surface area (Å²) in [4.78, 5) is 26.2. The average molecular weight is 512 g/mol. The molecule has 0 spiro atoms. The molecule has 0 saturated carbocycles. The van der Waals surface area contributed by atoms with Gasteiger partial charge >= 0.3 is 6.03 Å². The van der Waals surface area contributed by atoms with E-state index >= 15 is 0 Å². The smallest absolute Gasteiger partial charge is 0.324 e. The van der Waals surface area contributed by atoms with Crippen molar-refractivity contribution in [3.05, 3.63) is 95.9 Å². The van der Waals surface area contributed by atoms with Crippen molar-refractivity contribution >= 4 is 45.6 Å². The number of hydrogen-bond acceptors (Lipinski definition) is 5. The van der Waals surface area contributed by atoms with Crippen LogP contribution < -0.4 is 16.0 Å². The molecular weight excluding hydrogens is 486 g/mol. The molecule has 0 radical (unpaired) electrons. The van der Waals surface area contributed by atoms with Gasteiger partial charge in [-0.1, -0.05) is 54.6 Å². The normalized spacial score (nSPS) is 10.8. The number of aromatic nitrogens is 2. The molecule has 0 unspecified atom stereocenters. The van der Waals surface area contributed by atoms with Gasteiger partial charge in [0.2, 0.25) is 5.91 Å². The quantitative estimate of drug-likeness (QED) is 0.234. The summed E-state index contributed by atoms with van der Waals surface area (Å²) in [7, 11) is 0. The molecule has 0 aliphatic heterocycles. The van der Waals surface area contributed by atoms with E-state index in [4.69, 9.17) is 10.2 Å². The molecule has 2 aromatic heterocycles. The van der Waals surface area contributed by atoms with Gasteiger partial charge in [-0.15, -0.1) is 11.3 Å². The third-order valence-corrected chi connectivity index (χ3v) is 6.61. The number of rotatable bonds is 8. The molecule has 2 heterocycles. The van der Waals surface area contributed by atoms with Crippen molar-refractivity contribution in [3.8, 4) is 16.3 Å². The highest BCUT2D eigenvalue weighted by Crippen LogP contribution is 2.29. The van der Waals surface area contributed by atoms with Gasteiger partial charge < -0.3 is 15.7 Å². The molecule has 9 heteroatoms. The van der Waals surface area contributed by atoms with Crippen LogP contribution in [0, 0.1) is 0 Å². The van der Waals surface area contributed by atoms with Crippen LogP contribution in [0.2, 0.25) is 0 Å². The standard InChI is InChI=1S/C28H25N5O3S/c34-14-13-29-27(35)17-19-6-3-9-21(16-19)33-26(18-24(32-33)25-12-5-15-37-25)31-28(36)30-23-11-4-8-20-7-1-2-10-22(20)23/h1-12,15-16,18,34H,13-14,17H2,(H,29,35)(H2,30,31,36). The van der Waals surface area contributed by atoms with Gasteiger partial charge in [-0.05, 0) is 40.6 Å². The van der Waals surface area contributed by atoms with E-state index in [1.807, 2.05) is 90.3 Å². The summed E-state index contributed by atoms with van der Waals surface area (Å²) in [5.74, 6) is 0.307. The predicted octanol–water partition coefficient (Wildman–Crippen LogP) is 5.05. The predicted molar refractivity (Wildman–Crippen MR) is 147 cm³/mol. The molecule has 4 N–H and O–H groups in total. The van der Waals surface area contributed by atoms with Crippen molar-refractivity contribution in [2.24, 2.45) is 0 Å². The first kappa shape index (κ1) is 24.2. The lowest BCUT2D eigenvalue weighted by Crippen LogP contribution is -2.27. The van der Waals surface area contributed by atoms with Crippen molar-refractivity contribution in [1.82, 2.24) is 15.1 Å². The highest BCUT2D eigenvalue weighted by Gasteiger charge is 2.16. The monoisotopic (exact) mass is 511 g/mol. The van der Waals surface area contributed by atoms with E-state index in [0.717, 1.165) is 26.9 Å². The number of fused-ring (bicyclic) bond motifs is 1. The molecule has 0 bridgehead atoms. The van der Waals surface area contributed by atoms with Gasteiger partial charge in [-0.3, -0.25) is 10.1 Å². The lowest BCUT2D eigenvalue weighted by Gasteiger charge is -2.12. The molecule has 0 aliphatic carbocycles. The first-order valence-corrected chi connectivity index (χ1v) is 12.7. The number of aliphatic hydroxyl groups is 1. The zero-order valence-corrected chi connectivity index (χ0v) is 20.7. The molecule has 0 fully saturated rings. The number of thiophene rings is 1. The Kier molecular flexibility index (Phi) is 7.25. The Hall–Kier alpha value is -4.47. The maximum Gasteiger partial charge on any atom is 0.324 e. The minimum absolute atomic E-state index is 0.111. The van der Waals surface area contributed by atoms with Gasteiger partial charge in [0, 0.05) is 18.0 Å². The maximum absolute atomic E-state index is 13.1. The number of amides is 3. The van der Waals surface area contributed by atoms with E-state index in [-0.39, 0.29) is 25.5 Å². The van der Waals surface area contributed by atoms with Crippen LogP contribution in [0.1, 0.15) is 5.56 Å². The molecule has 186 valence electrons. The fourth-order valence-corrected chi connectivity index (χ4v) is 4.74. The molecule has 3 amide bonds. The van der Waals surface area contributed by atoms with Gasteiger partial charge in [-0.2, -0.15) is 5.10 Å². The van der Waals surface area contributed by atoms with Gasteiger partial charge in [0.25, 0.3) is 0 Å². The third-order valence-electron chi connectivity index (χ3n) is 5.72. The van der Waals surface area contributed by atoms with E-state index in [9.17, 15) is 9.59 Å². The first-order valence-electron chi connectivity index (χ1n) is 11.8. The Morgan fingerprint density at radius 2 is 1.76 bits per heavy atom. The molecule has 5 rings (SSSR count). The van der Waals surface area contributed by atoms with Crippen LogP contribution in [-0.2, 0) is 11.2 Å². The highest BCUT2D eigenvalue weighted by atomic mass is 32.1. The summed E-state index contributed by atoms with van der Waals surface area (Å²) in [5, 5.41) is 26.2. The van der Waals surface area contributed by atoms with Crippen LogP contribution in [0.3, 0.4) is 0 Å². The second-order valence-corrected chi connectivity index (χ2v) is 9.28. The highest BCUT2D eigenvalue weighted by molar-refractivity contribution is 7.13. The summed E-state index contributed by atoms with van der Waals surface area (Å²) in [6, 6.07) is 26.4. The molecular formula is C28H25N5O3S. The molecule has 8 nitrogen and oxygen atoms in total. The number of anilines is 2. The molecule has 5 aromatic rings. The van der Waals surface area contributed by atoms with Crippen molar-refractivity contribution in [2.45, 2.75) is 6.42 Å². The minimum atomic E-state index is -0.394. The SMILES string of the molecule is O=C(Cc1cccc(-n2nc(-c3cccs3)cc2NC(=O)Nc2cccc3ccccc23)c1)NCCO. The van der Waals surface area contributed by atoms with Gasteiger partial charge in [0.05, 0.1) is 29.3 Å². The van der Waals surface area contributed by atoms with Crippen LogP contribution >= 0.6 is 11.3 Å². The zero-order chi connectivity index (χ0) is 25.6. The topological polar surface area (TPSA) is 108 Å². The summed E-state index contributed by atoms with van der Waals surface area (Å²) in [6.07, 6.45) is 0.164. The van der Waals surface area contributed by atoms with Crippen molar-refractivity contribution in [2.75, 3.05) is 23.8 Å². The number of carbonyl (C=O) groups is 2. The number of aliphatic hydroxyl groups excluding tert-OH is 1. The fraction of sp³-hybridized carbons (Fsp3) is 0.107. The summed E-state index contributed by atoms with van der Waals surface area (Å²) < 4.78 is 1.66. The Morgan fingerprint density at radius 1 is 0.919 bits per heavy atom. The van der Waals surface area contributed by atoms with Crippen LogP contribution in [0.5, 0.6) is 0 Å². The molecule has 0 aliphatic rings. The maximum atomic E-state index is 13.1. The Bertz CT molecular complexity index is 1540. The van der Waals surface area contributed by atoms with Crippen LogP contribution in [0.4, 0.5) is 16.3 Å². The average Bonchev–Trinajstić information content (AvgIpc) is 3.58. The number of nitrogens with one attached hydrogen (secondary N) is 3. The van der Waals surface area contributed by atoms with Crippen LogP contribution in [-0.4, -0.2) is 40.0 Å². The molecule has 0 saturated heterocycles. The lowest BCUT2D eigenvalue weighted by molar-refractivity contribution is -0.120. The van der Waals surface area contributed by atoms with Crippen molar-refractivity contribution in [3.63, 3.8) is 0 Å². The first-order chi connectivity index (χ1) is 18.1. The number of hydrogen-bond donors (Lipinski definition) is 4. The number of carbonyl (C=O) groups excluding carboxylic acids is 2. The fourth-order valence-electron chi connectivity index (χ4n) is 4.06. The largest absolute Gasteiger partial charge is 0.395 e. The second kappa shape index (κ2) is 11.1. The van der Waals surface area contributed by atoms with Gasteiger partial charge in [-0.25, -0.2) is 9.48 Å². The lowest BCUT2D eigenvalue weighted by atomic mass is 10.1. The van der Waals surface area contributed by atoms with Crippen molar-refractivity contribution < 1.29 is 14.7 Å². The van der Waals surface area contributed by atoms with Crippen molar-refractivity contribution in [1.29, 1.82) is 0 Å². The number of urea groups is 1. The Morgan fingerprint density at radius 3 is 2.59 bits per heavy atom. The molecule has 3 aromatic carbocycles. The van der Waals surface area contributed by atoms with E-state index in [2.05, 4.69) is 16.0 Å². The summed E-state index contributed by atoms with van der Waals surface area (Å²) >= 11 is 1.56. The van der Waals surface area contributed by atoms with E-state index in [1.54, 1.807) is 16.0 Å². The summed E-state index contributed by atoms with van der Waals surface area (Å²) in [5.41, 5.74) is 2.92.